The third-order valence-electron chi connectivity index (χ3n) is 6.33. The molecule has 0 radical (unpaired) electrons. The Bertz CT molecular complexity index is 1360. The molecule has 1 aliphatic heterocycles. The van der Waals surface area contributed by atoms with Gasteiger partial charge < -0.3 is 19.3 Å². The minimum Gasteiger partial charge on any atom is -0.507 e. The highest BCUT2D eigenvalue weighted by Gasteiger charge is 2.47. The maximum absolute atomic E-state index is 13.5. The zero-order valence-corrected chi connectivity index (χ0v) is 22.4. The smallest absolute Gasteiger partial charge is 0.300 e. The van der Waals surface area contributed by atoms with Crippen molar-refractivity contribution in [1.29, 1.82) is 0 Å². The van der Waals surface area contributed by atoms with E-state index in [0.717, 1.165) is 17.5 Å². The Kier molecular flexibility index (Phi) is 8.05. The molecule has 4 rings (SSSR count). The number of benzene rings is 3. The van der Waals surface area contributed by atoms with Gasteiger partial charge in [0.15, 0.2) is 11.5 Å². The lowest BCUT2D eigenvalue weighted by Gasteiger charge is -2.26. The number of ether oxygens (including phenoxy) is 3. The van der Waals surface area contributed by atoms with Crippen LogP contribution in [0, 0.1) is 13.8 Å². The minimum absolute atomic E-state index is 0.00370. The molecule has 0 bridgehead atoms. The van der Waals surface area contributed by atoms with Crippen LogP contribution >= 0.6 is 0 Å². The van der Waals surface area contributed by atoms with Gasteiger partial charge in [0, 0.05) is 11.3 Å². The van der Waals surface area contributed by atoms with Gasteiger partial charge in [-0.3, -0.25) is 14.5 Å². The van der Waals surface area contributed by atoms with Gasteiger partial charge in [-0.25, -0.2) is 0 Å². The largest absolute Gasteiger partial charge is 0.507 e. The fraction of sp³-hybridized carbons (Fsp3) is 0.290. The van der Waals surface area contributed by atoms with Crippen LogP contribution in [0.15, 0.2) is 66.2 Å². The average molecular weight is 516 g/mol. The molecule has 3 aromatic rings. The normalized spacial score (nSPS) is 16.6. The second-order valence-corrected chi connectivity index (χ2v) is 9.23. The number of Topliss-reactive ketones (excluding diaryl/α,β-unsaturated/α-hetero) is 1. The Hall–Kier alpha value is -4.26. The molecule has 7 heteroatoms. The molecule has 7 nitrogen and oxygen atoms in total. The lowest BCUT2D eigenvalue weighted by Crippen LogP contribution is -2.29. The van der Waals surface area contributed by atoms with E-state index in [4.69, 9.17) is 14.2 Å². The van der Waals surface area contributed by atoms with Crippen molar-refractivity contribution in [3.8, 4) is 17.2 Å². The quantitative estimate of drug-likeness (QED) is 0.210. The highest BCUT2D eigenvalue weighted by molar-refractivity contribution is 6.51. The fourth-order valence-electron chi connectivity index (χ4n) is 4.72. The number of aryl methyl sites for hydroxylation is 2. The van der Waals surface area contributed by atoms with E-state index in [2.05, 4.69) is 0 Å². The molecule has 1 N–H and O–H groups in total. The lowest BCUT2D eigenvalue weighted by atomic mass is 9.94. The van der Waals surface area contributed by atoms with E-state index in [0.29, 0.717) is 47.3 Å². The van der Waals surface area contributed by atoms with Crippen LogP contribution in [0.2, 0.25) is 0 Å². The summed E-state index contributed by atoms with van der Waals surface area (Å²) in [7, 11) is 1.55. The first kappa shape index (κ1) is 26.8. The Balaban J connectivity index is 1.91. The third-order valence-corrected chi connectivity index (χ3v) is 6.33. The summed E-state index contributed by atoms with van der Waals surface area (Å²) in [5, 5.41) is 11.4. The number of hydrogen-bond acceptors (Lipinski definition) is 6. The highest BCUT2D eigenvalue weighted by Crippen LogP contribution is 2.44. The molecule has 1 fully saturated rings. The predicted molar refractivity (Wildman–Crippen MR) is 147 cm³/mol. The Labute approximate surface area is 223 Å². The van der Waals surface area contributed by atoms with Gasteiger partial charge in [0.1, 0.15) is 11.5 Å². The monoisotopic (exact) mass is 515 g/mol. The van der Waals surface area contributed by atoms with Gasteiger partial charge in [0.2, 0.25) is 0 Å². The number of anilines is 1. The highest BCUT2D eigenvalue weighted by atomic mass is 16.5. The van der Waals surface area contributed by atoms with Gasteiger partial charge in [0.25, 0.3) is 11.7 Å². The van der Waals surface area contributed by atoms with Crippen molar-refractivity contribution < 1.29 is 28.9 Å². The summed E-state index contributed by atoms with van der Waals surface area (Å²) >= 11 is 0. The van der Waals surface area contributed by atoms with Gasteiger partial charge in [-0.1, -0.05) is 19.1 Å². The van der Waals surface area contributed by atoms with Crippen molar-refractivity contribution >= 4 is 23.1 Å². The van der Waals surface area contributed by atoms with Crippen molar-refractivity contribution in [1.82, 2.24) is 0 Å². The number of hydrogen-bond donors (Lipinski definition) is 1. The molecule has 1 amide bonds. The zero-order valence-electron chi connectivity index (χ0n) is 22.4. The van der Waals surface area contributed by atoms with Crippen LogP contribution in [0.3, 0.4) is 0 Å². The summed E-state index contributed by atoms with van der Waals surface area (Å²) < 4.78 is 16.9. The second kappa shape index (κ2) is 11.4. The molecule has 38 heavy (non-hydrogen) atoms. The van der Waals surface area contributed by atoms with Crippen molar-refractivity contribution in [3.63, 3.8) is 0 Å². The van der Waals surface area contributed by atoms with Crippen LogP contribution < -0.4 is 19.1 Å². The number of methoxy groups -OCH3 is 1. The predicted octanol–water partition coefficient (Wildman–Crippen LogP) is 6.13. The van der Waals surface area contributed by atoms with E-state index in [1.54, 1.807) is 49.6 Å². The third kappa shape index (κ3) is 5.23. The molecule has 1 unspecified atom stereocenters. The molecular formula is C31H33NO6. The maximum atomic E-state index is 13.5. The summed E-state index contributed by atoms with van der Waals surface area (Å²) in [4.78, 5) is 28.5. The molecule has 1 heterocycles. The van der Waals surface area contributed by atoms with E-state index in [9.17, 15) is 14.7 Å². The first-order valence-corrected chi connectivity index (χ1v) is 12.7. The summed E-state index contributed by atoms with van der Waals surface area (Å²) in [6.45, 7) is 8.73. The summed E-state index contributed by atoms with van der Waals surface area (Å²) in [6.07, 6.45) is 0.870. The van der Waals surface area contributed by atoms with Gasteiger partial charge in [-0.15, -0.1) is 0 Å². The minimum atomic E-state index is -0.877. The molecule has 0 spiro atoms. The van der Waals surface area contributed by atoms with E-state index >= 15 is 0 Å². The number of rotatable bonds is 9. The van der Waals surface area contributed by atoms with Crippen molar-refractivity contribution in [2.75, 3.05) is 25.2 Å². The number of amides is 1. The van der Waals surface area contributed by atoms with Gasteiger partial charge in [0.05, 0.1) is 31.9 Å². The number of ketones is 1. The molecule has 3 aromatic carbocycles. The number of carbonyl (C=O) groups excluding carboxylic acids is 2. The van der Waals surface area contributed by atoms with E-state index in [1.165, 1.54) is 4.90 Å². The van der Waals surface area contributed by atoms with Crippen LogP contribution in [0.1, 0.15) is 48.6 Å². The number of aliphatic hydroxyl groups is 1. The Morgan fingerprint density at radius 3 is 2.18 bits per heavy atom. The van der Waals surface area contributed by atoms with Crippen LogP contribution in [0.4, 0.5) is 5.69 Å². The van der Waals surface area contributed by atoms with Crippen LogP contribution in [0.25, 0.3) is 5.76 Å². The van der Waals surface area contributed by atoms with Crippen LogP contribution in [0.5, 0.6) is 17.2 Å². The maximum Gasteiger partial charge on any atom is 0.300 e. The lowest BCUT2D eigenvalue weighted by molar-refractivity contribution is -0.132. The van der Waals surface area contributed by atoms with Crippen LogP contribution in [-0.2, 0) is 9.59 Å². The van der Waals surface area contributed by atoms with Crippen molar-refractivity contribution in [3.05, 3.63) is 88.5 Å². The number of carbonyl (C=O) groups is 2. The molecule has 198 valence electrons. The first-order chi connectivity index (χ1) is 18.3. The molecule has 0 aromatic heterocycles. The molecule has 1 saturated heterocycles. The average Bonchev–Trinajstić information content (AvgIpc) is 3.17. The Morgan fingerprint density at radius 1 is 0.895 bits per heavy atom. The topological polar surface area (TPSA) is 85.3 Å². The van der Waals surface area contributed by atoms with E-state index in [1.807, 2.05) is 45.9 Å². The molecular weight excluding hydrogens is 482 g/mol. The van der Waals surface area contributed by atoms with E-state index in [-0.39, 0.29) is 11.3 Å². The van der Waals surface area contributed by atoms with Gasteiger partial charge in [-0.2, -0.15) is 0 Å². The van der Waals surface area contributed by atoms with E-state index < -0.39 is 17.7 Å². The second-order valence-electron chi connectivity index (χ2n) is 9.23. The Morgan fingerprint density at radius 2 is 1.58 bits per heavy atom. The number of aliphatic hydroxyl groups excluding tert-OH is 1. The standard InChI is InChI=1S/C31H33NO6/c1-6-14-38-24-11-8-21(9-12-24)29(33)27-28(22-10-13-25(36-5)26(18-22)37-7-2)32(31(35)30(27)34)23-16-19(3)15-20(4)17-23/h8-13,15-18,28,33H,6-7,14H2,1-5H3/b29-27-. The van der Waals surface area contributed by atoms with Crippen molar-refractivity contribution in [2.45, 2.75) is 40.2 Å². The molecule has 1 aliphatic rings. The summed E-state index contributed by atoms with van der Waals surface area (Å²) in [6, 6.07) is 16.9. The fourth-order valence-corrected chi connectivity index (χ4v) is 4.72. The van der Waals surface area contributed by atoms with Gasteiger partial charge in [-0.05, 0) is 92.4 Å². The summed E-state index contributed by atoms with van der Waals surface area (Å²) in [5.74, 6) is -0.0503. The first-order valence-electron chi connectivity index (χ1n) is 12.7. The SMILES string of the molecule is CCCOc1ccc(/C(O)=C2/C(=O)C(=O)N(c3cc(C)cc(C)c3)C2c2ccc(OC)c(OCC)c2)cc1. The zero-order chi connectivity index (χ0) is 27.4. The van der Waals surface area contributed by atoms with Gasteiger partial charge >= 0.3 is 0 Å². The molecule has 1 atom stereocenters. The van der Waals surface area contributed by atoms with Crippen LogP contribution in [-0.4, -0.2) is 37.1 Å². The molecule has 0 saturated carbocycles. The molecule has 0 aliphatic carbocycles. The van der Waals surface area contributed by atoms with Crippen molar-refractivity contribution in [2.24, 2.45) is 0 Å². The number of nitrogens with zero attached hydrogens (tertiary/aromatic N) is 1. The summed E-state index contributed by atoms with van der Waals surface area (Å²) in [5.41, 5.74) is 3.50.